The van der Waals surface area contributed by atoms with Crippen molar-refractivity contribution in [2.45, 2.75) is 12.5 Å². The van der Waals surface area contributed by atoms with Crippen LogP contribution >= 0.6 is 0 Å². The summed E-state index contributed by atoms with van der Waals surface area (Å²) in [6.45, 7) is 0.459. The van der Waals surface area contributed by atoms with Crippen molar-refractivity contribution < 1.29 is 9.57 Å². The van der Waals surface area contributed by atoms with Gasteiger partial charge in [0.2, 0.25) is 0 Å². The Hall–Kier alpha value is -1.55. The van der Waals surface area contributed by atoms with Gasteiger partial charge in [0.05, 0.1) is 12.8 Å². The van der Waals surface area contributed by atoms with Crippen molar-refractivity contribution in [1.82, 2.24) is 0 Å². The highest BCUT2D eigenvalue weighted by atomic mass is 16.6. The lowest BCUT2D eigenvalue weighted by atomic mass is 10.0. The summed E-state index contributed by atoms with van der Waals surface area (Å²) in [7, 11) is 1.65. The number of oxime groups is 1. The van der Waals surface area contributed by atoms with E-state index in [-0.39, 0.29) is 6.10 Å². The van der Waals surface area contributed by atoms with Gasteiger partial charge in [-0.05, 0) is 17.7 Å². The first kappa shape index (κ1) is 9.98. The molecule has 1 atom stereocenters. The Morgan fingerprint density at radius 3 is 3.13 bits per heavy atom. The topological polar surface area (TPSA) is 56.8 Å². The minimum Gasteiger partial charge on any atom is -0.497 e. The van der Waals surface area contributed by atoms with Crippen LogP contribution in [0.15, 0.2) is 29.4 Å². The fourth-order valence-corrected chi connectivity index (χ4v) is 1.57. The standard InChI is InChI=1S/C11H14N2O2/c1-14-10-4-2-3-8(5-10)11-6-9(7-12)13-15-11/h2-5,11H,6-7,12H2,1H3. The number of benzene rings is 1. The van der Waals surface area contributed by atoms with Gasteiger partial charge in [-0.15, -0.1) is 0 Å². The highest BCUT2D eigenvalue weighted by Gasteiger charge is 2.21. The fraction of sp³-hybridized carbons (Fsp3) is 0.364. The predicted molar refractivity (Wildman–Crippen MR) is 57.9 cm³/mol. The summed E-state index contributed by atoms with van der Waals surface area (Å²) < 4.78 is 5.15. The van der Waals surface area contributed by atoms with Gasteiger partial charge < -0.3 is 15.3 Å². The molecule has 0 radical (unpaired) electrons. The van der Waals surface area contributed by atoms with E-state index in [4.69, 9.17) is 15.3 Å². The zero-order chi connectivity index (χ0) is 10.7. The van der Waals surface area contributed by atoms with E-state index in [0.29, 0.717) is 6.54 Å². The first-order valence-electron chi connectivity index (χ1n) is 4.89. The van der Waals surface area contributed by atoms with Crippen molar-refractivity contribution >= 4 is 5.71 Å². The molecule has 0 fully saturated rings. The van der Waals surface area contributed by atoms with Gasteiger partial charge >= 0.3 is 0 Å². The lowest BCUT2D eigenvalue weighted by molar-refractivity contribution is 0.0855. The summed E-state index contributed by atoms with van der Waals surface area (Å²) in [5.74, 6) is 0.831. The number of ether oxygens (including phenoxy) is 1. The second-order valence-electron chi connectivity index (χ2n) is 3.44. The molecule has 1 heterocycles. The van der Waals surface area contributed by atoms with Gasteiger partial charge in [-0.3, -0.25) is 0 Å². The molecule has 0 bridgehead atoms. The molecule has 2 N–H and O–H groups in total. The summed E-state index contributed by atoms with van der Waals surface area (Å²) in [4.78, 5) is 5.29. The molecular formula is C11H14N2O2. The average molecular weight is 206 g/mol. The molecule has 0 spiro atoms. The Kier molecular flexibility index (Phi) is 2.87. The molecule has 2 rings (SSSR count). The first-order valence-corrected chi connectivity index (χ1v) is 4.89. The summed E-state index contributed by atoms with van der Waals surface area (Å²) in [5, 5.41) is 3.92. The van der Waals surface area contributed by atoms with E-state index < -0.39 is 0 Å². The Balaban J connectivity index is 2.11. The van der Waals surface area contributed by atoms with Crippen LogP contribution in [0.4, 0.5) is 0 Å². The van der Waals surface area contributed by atoms with Crippen LogP contribution in [0.3, 0.4) is 0 Å². The smallest absolute Gasteiger partial charge is 0.158 e. The van der Waals surface area contributed by atoms with Crippen molar-refractivity contribution in [2.24, 2.45) is 10.9 Å². The van der Waals surface area contributed by atoms with Gasteiger partial charge in [0, 0.05) is 13.0 Å². The molecule has 1 aromatic carbocycles. The van der Waals surface area contributed by atoms with Crippen LogP contribution in [-0.4, -0.2) is 19.4 Å². The molecule has 0 aromatic heterocycles. The van der Waals surface area contributed by atoms with E-state index in [9.17, 15) is 0 Å². The van der Waals surface area contributed by atoms with E-state index in [1.807, 2.05) is 24.3 Å². The summed E-state index contributed by atoms with van der Waals surface area (Å²) in [5.41, 5.74) is 7.47. The molecule has 4 nitrogen and oxygen atoms in total. The van der Waals surface area contributed by atoms with Gasteiger partial charge in [-0.2, -0.15) is 0 Å². The maximum Gasteiger partial charge on any atom is 0.158 e. The quantitative estimate of drug-likeness (QED) is 0.814. The van der Waals surface area contributed by atoms with Crippen molar-refractivity contribution in [1.29, 1.82) is 0 Å². The van der Waals surface area contributed by atoms with Crippen molar-refractivity contribution in [2.75, 3.05) is 13.7 Å². The van der Waals surface area contributed by atoms with E-state index in [1.54, 1.807) is 7.11 Å². The van der Waals surface area contributed by atoms with Crippen LogP contribution in [0.5, 0.6) is 5.75 Å². The maximum absolute atomic E-state index is 5.49. The Labute approximate surface area is 88.7 Å². The molecule has 0 saturated carbocycles. The normalized spacial score (nSPS) is 19.6. The third kappa shape index (κ3) is 2.10. The molecule has 0 saturated heterocycles. The third-order valence-electron chi connectivity index (χ3n) is 2.43. The second kappa shape index (κ2) is 4.31. The minimum atomic E-state index is -0.0151. The van der Waals surface area contributed by atoms with Crippen molar-refractivity contribution in [3.05, 3.63) is 29.8 Å². The second-order valence-corrected chi connectivity index (χ2v) is 3.44. The Morgan fingerprint density at radius 1 is 1.60 bits per heavy atom. The molecule has 1 aliphatic rings. The Bertz CT molecular complexity index is 377. The lowest BCUT2D eigenvalue weighted by Crippen LogP contribution is -2.12. The largest absolute Gasteiger partial charge is 0.497 e. The van der Waals surface area contributed by atoms with E-state index in [0.717, 1.165) is 23.4 Å². The summed E-state index contributed by atoms with van der Waals surface area (Å²) in [6, 6.07) is 7.81. The van der Waals surface area contributed by atoms with Crippen molar-refractivity contribution in [3.8, 4) is 5.75 Å². The van der Waals surface area contributed by atoms with Crippen LogP contribution in [0.2, 0.25) is 0 Å². The van der Waals surface area contributed by atoms with Gasteiger partial charge in [-0.1, -0.05) is 17.3 Å². The first-order chi connectivity index (χ1) is 7.33. The van der Waals surface area contributed by atoms with Gasteiger partial charge in [0.1, 0.15) is 5.75 Å². The van der Waals surface area contributed by atoms with E-state index >= 15 is 0 Å². The molecule has 80 valence electrons. The van der Waals surface area contributed by atoms with Gasteiger partial charge in [0.15, 0.2) is 6.10 Å². The molecule has 4 heteroatoms. The van der Waals surface area contributed by atoms with Crippen LogP contribution < -0.4 is 10.5 Å². The average Bonchev–Trinajstić information content (AvgIpc) is 2.78. The molecule has 1 aliphatic heterocycles. The zero-order valence-electron chi connectivity index (χ0n) is 8.64. The minimum absolute atomic E-state index is 0.0151. The molecule has 0 aliphatic carbocycles. The highest BCUT2D eigenvalue weighted by molar-refractivity contribution is 5.87. The van der Waals surface area contributed by atoms with E-state index in [2.05, 4.69) is 5.16 Å². The number of nitrogens with two attached hydrogens (primary N) is 1. The number of hydrogen-bond acceptors (Lipinski definition) is 4. The fourth-order valence-electron chi connectivity index (χ4n) is 1.57. The summed E-state index contributed by atoms with van der Waals surface area (Å²) in [6.07, 6.45) is 0.752. The monoisotopic (exact) mass is 206 g/mol. The zero-order valence-corrected chi connectivity index (χ0v) is 8.64. The molecule has 0 amide bonds. The molecular weight excluding hydrogens is 192 g/mol. The summed E-state index contributed by atoms with van der Waals surface area (Å²) >= 11 is 0. The molecule has 1 unspecified atom stereocenters. The van der Waals surface area contributed by atoms with E-state index in [1.165, 1.54) is 0 Å². The SMILES string of the molecule is COc1cccc(C2CC(CN)=NO2)c1. The number of hydrogen-bond donors (Lipinski definition) is 1. The van der Waals surface area contributed by atoms with Crippen LogP contribution in [0.25, 0.3) is 0 Å². The van der Waals surface area contributed by atoms with Crippen molar-refractivity contribution in [3.63, 3.8) is 0 Å². The maximum atomic E-state index is 5.49. The molecule has 1 aromatic rings. The van der Waals surface area contributed by atoms with Gasteiger partial charge in [0.25, 0.3) is 0 Å². The van der Waals surface area contributed by atoms with Gasteiger partial charge in [-0.25, -0.2) is 0 Å². The lowest BCUT2D eigenvalue weighted by Gasteiger charge is -2.09. The Morgan fingerprint density at radius 2 is 2.47 bits per heavy atom. The predicted octanol–water partition coefficient (Wildman–Crippen LogP) is 1.47. The van der Waals surface area contributed by atoms with Crippen LogP contribution in [0.1, 0.15) is 18.1 Å². The molecule has 15 heavy (non-hydrogen) atoms. The number of rotatable bonds is 3. The number of nitrogens with zero attached hydrogens (tertiary/aromatic N) is 1. The highest BCUT2D eigenvalue weighted by Crippen LogP contribution is 2.28. The van der Waals surface area contributed by atoms with Crippen LogP contribution in [0, 0.1) is 0 Å². The van der Waals surface area contributed by atoms with Crippen LogP contribution in [-0.2, 0) is 4.84 Å². The third-order valence-corrected chi connectivity index (χ3v) is 2.43. The number of methoxy groups -OCH3 is 1.